The van der Waals surface area contributed by atoms with Crippen LogP contribution in [0.4, 0.5) is 0 Å². The second kappa shape index (κ2) is 6.87. The van der Waals surface area contributed by atoms with Gasteiger partial charge in [0.05, 0.1) is 23.5 Å². The molecule has 0 spiro atoms. The van der Waals surface area contributed by atoms with Crippen LogP contribution in [-0.4, -0.2) is 33.0 Å². The van der Waals surface area contributed by atoms with E-state index in [1.54, 1.807) is 4.90 Å². The number of hydrogen-bond donors (Lipinski definition) is 0. The van der Waals surface area contributed by atoms with Gasteiger partial charge in [0, 0.05) is 13.2 Å². The fourth-order valence-electron chi connectivity index (χ4n) is 2.43. The molecule has 0 radical (unpaired) electrons. The quantitative estimate of drug-likeness (QED) is 0.672. The first-order valence-corrected chi connectivity index (χ1v) is 8.51. The Bertz CT molecular complexity index is 800. The molecule has 118 valence electrons. The van der Waals surface area contributed by atoms with Gasteiger partial charge in [0.25, 0.3) is 0 Å². The van der Waals surface area contributed by atoms with Crippen molar-refractivity contribution in [2.45, 2.75) is 18.1 Å². The van der Waals surface area contributed by atoms with E-state index in [1.165, 1.54) is 11.8 Å². The Morgan fingerprint density at radius 1 is 1.22 bits per heavy atom. The molecule has 1 atom stereocenters. The number of aromatic nitrogens is 2. The molecule has 0 saturated carbocycles. The van der Waals surface area contributed by atoms with Crippen LogP contribution in [0.1, 0.15) is 18.5 Å². The summed E-state index contributed by atoms with van der Waals surface area (Å²) in [7, 11) is 1.85. The molecule has 0 aliphatic rings. The minimum Gasteiger partial charge on any atom is -0.338 e. The van der Waals surface area contributed by atoms with Gasteiger partial charge in [-0.2, -0.15) is 0 Å². The van der Waals surface area contributed by atoms with E-state index in [0.29, 0.717) is 5.75 Å². The first kappa shape index (κ1) is 15.6. The summed E-state index contributed by atoms with van der Waals surface area (Å²) in [5, 5.41) is 0.842. The number of fused-ring (bicyclic) bond motifs is 1. The fraction of sp³-hybridized carbons (Fsp3) is 0.222. The number of carbonyl (C=O) groups is 1. The van der Waals surface area contributed by atoms with Crippen LogP contribution in [0, 0.1) is 0 Å². The van der Waals surface area contributed by atoms with Crippen molar-refractivity contribution in [3.63, 3.8) is 0 Å². The van der Waals surface area contributed by atoms with Gasteiger partial charge in [-0.3, -0.25) is 9.20 Å². The zero-order chi connectivity index (χ0) is 16.2. The highest BCUT2D eigenvalue weighted by Gasteiger charge is 2.18. The average Bonchev–Trinajstić information content (AvgIpc) is 3.02. The number of rotatable bonds is 5. The minimum absolute atomic E-state index is 0.0568. The number of thioether (sulfide) groups is 1. The lowest BCUT2D eigenvalue weighted by atomic mass is 10.1. The molecule has 0 N–H and O–H groups in total. The van der Waals surface area contributed by atoms with E-state index in [1.807, 2.05) is 79.3 Å². The molecule has 23 heavy (non-hydrogen) atoms. The summed E-state index contributed by atoms with van der Waals surface area (Å²) in [5.41, 5.74) is 2.17. The first-order valence-electron chi connectivity index (χ1n) is 7.52. The molecule has 1 unspecified atom stereocenters. The zero-order valence-corrected chi connectivity index (χ0v) is 14.0. The molecule has 0 bridgehead atoms. The summed E-state index contributed by atoms with van der Waals surface area (Å²) in [4.78, 5) is 18.6. The highest BCUT2D eigenvalue weighted by Crippen LogP contribution is 2.22. The largest absolute Gasteiger partial charge is 0.338 e. The molecule has 4 nitrogen and oxygen atoms in total. The van der Waals surface area contributed by atoms with Gasteiger partial charge in [0.15, 0.2) is 5.16 Å². The van der Waals surface area contributed by atoms with Gasteiger partial charge in [0.2, 0.25) is 5.91 Å². The van der Waals surface area contributed by atoms with Gasteiger partial charge in [-0.15, -0.1) is 0 Å². The number of nitrogens with zero attached hydrogens (tertiary/aromatic N) is 3. The summed E-state index contributed by atoms with van der Waals surface area (Å²) < 4.78 is 2.00. The van der Waals surface area contributed by atoms with Crippen molar-refractivity contribution in [1.82, 2.24) is 14.3 Å². The first-order chi connectivity index (χ1) is 11.2. The highest BCUT2D eigenvalue weighted by atomic mass is 32.2. The number of hydrogen-bond acceptors (Lipinski definition) is 3. The molecular weight excluding hydrogens is 306 g/mol. The van der Waals surface area contributed by atoms with Gasteiger partial charge in [0.1, 0.15) is 0 Å². The van der Waals surface area contributed by atoms with E-state index in [4.69, 9.17) is 0 Å². The molecule has 1 aromatic carbocycles. The van der Waals surface area contributed by atoms with Crippen LogP contribution in [0.15, 0.2) is 66.1 Å². The van der Waals surface area contributed by atoms with Gasteiger partial charge >= 0.3 is 0 Å². The molecule has 2 heterocycles. The van der Waals surface area contributed by atoms with Crippen LogP contribution in [0.5, 0.6) is 0 Å². The maximum atomic E-state index is 12.5. The van der Waals surface area contributed by atoms with Crippen LogP contribution in [-0.2, 0) is 4.79 Å². The lowest BCUT2D eigenvalue weighted by Gasteiger charge is -2.25. The smallest absolute Gasteiger partial charge is 0.233 e. The zero-order valence-electron chi connectivity index (χ0n) is 13.2. The van der Waals surface area contributed by atoms with E-state index in [9.17, 15) is 4.79 Å². The van der Waals surface area contributed by atoms with E-state index in [-0.39, 0.29) is 11.9 Å². The van der Waals surface area contributed by atoms with Crippen LogP contribution in [0.3, 0.4) is 0 Å². The van der Waals surface area contributed by atoms with Gasteiger partial charge in [-0.25, -0.2) is 4.98 Å². The Balaban J connectivity index is 1.65. The molecule has 1 amide bonds. The number of imidazole rings is 1. The van der Waals surface area contributed by atoms with Crippen LogP contribution in [0.2, 0.25) is 0 Å². The van der Waals surface area contributed by atoms with Crippen molar-refractivity contribution in [3.8, 4) is 0 Å². The van der Waals surface area contributed by atoms with Crippen molar-refractivity contribution in [2.75, 3.05) is 12.8 Å². The third-order valence-corrected chi connectivity index (χ3v) is 4.94. The number of amides is 1. The molecule has 0 saturated heterocycles. The van der Waals surface area contributed by atoms with E-state index in [2.05, 4.69) is 4.98 Å². The summed E-state index contributed by atoms with van der Waals surface area (Å²) >= 11 is 1.47. The fourth-order valence-corrected chi connectivity index (χ4v) is 3.31. The van der Waals surface area contributed by atoms with Crippen molar-refractivity contribution in [3.05, 3.63) is 66.5 Å². The summed E-state index contributed by atoms with van der Waals surface area (Å²) in [5.74, 6) is 0.473. The van der Waals surface area contributed by atoms with Crippen molar-refractivity contribution in [1.29, 1.82) is 0 Å². The van der Waals surface area contributed by atoms with E-state index < -0.39 is 0 Å². The minimum atomic E-state index is 0.0568. The third kappa shape index (κ3) is 3.40. The van der Waals surface area contributed by atoms with Crippen molar-refractivity contribution in [2.24, 2.45) is 0 Å². The van der Waals surface area contributed by atoms with Crippen molar-refractivity contribution < 1.29 is 4.79 Å². The van der Waals surface area contributed by atoms with Crippen LogP contribution >= 0.6 is 11.8 Å². The van der Waals surface area contributed by atoms with Crippen molar-refractivity contribution >= 4 is 23.2 Å². The second-order valence-corrected chi connectivity index (χ2v) is 6.36. The Morgan fingerprint density at radius 3 is 2.74 bits per heavy atom. The van der Waals surface area contributed by atoms with Gasteiger partial charge < -0.3 is 4.90 Å². The molecule has 3 rings (SSSR count). The Hall–Kier alpha value is -2.27. The molecule has 0 fully saturated rings. The van der Waals surface area contributed by atoms with E-state index in [0.717, 1.165) is 16.2 Å². The monoisotopic (exact) mass is 325 g/mol. The average molecular weight is 325 g/mol. The maximum absolute atomic E-state index is 12.5. The number of carbonyl (C=O) groups excluding carboxylic acids is 1. The lowest BCUT2D eigenvalue weighted by Crippen LogP contribution is -2.31. The molecule has 5 heteroatoms. The van der Waals surface area contributed by atoms with Crippen LogP contribution in [0.25, 0.3) is 5.52 Å². The molecular formula is C18H19N3OS. The second-order valence-electron chi connectivity index (χ2n) is 5.42. The number of pyridine rings is 1. The third-order valence-electron chi connectivity index (χ3n) is 3.99. The molecule has 0 aliphatic heterocycles. The van der Waals surface area contributed by atoms with Crippen LogP contribution < -0.4 is 0 Å². The predicted molar refractivity (Wildman–Crippen MR) is 93.5 cm³/mol. The summed E-state index contributed by atoms with van der Waals surface area (Å²) in [6.07, 6.45) is 3.79. The maximum Gasteiger partial charge on any atom is 0.233 e. The molecule has 2 aromatic heterocycles. The Kier molecular flexibility index (Phi) is 4.67. The Labute approximate surface area is 140 Å². The SMILES string of the molecule is CC(c1ccccc1)N(C)C(=O)CSc1ncc2ccccn12. The topological polar surface area (TPSA) is 37.6 Å². The normalized spacial score (nSPS) is 12.3. The number of benzene rings is 1. The predicted octanol–water partition coefficient (Wildman–Crippen LogP) is 3.65. The molecule has 3 aromatic rings. The molecule has 0 aliphatic carbocycles. The van der Waals surface area contributed by atoms with Gasteiger partial charge in [-0.05, 0) is 24.6 Å². The highest BCUT2D eigenvalue weighted by molar-refractivity contribution is 7.99. The van der Waals surface area contributed by atoms with E-state index >= 15 is 0 Å². The lowest BCUT2D eigenvalue weighted by molar-refractivity contribution is -0.128. The Morgan fingerprint density at radius 2 is 1.96 bits per heavy atom. The summed E-state index contributed by atoms with van der Waals surface area (Å²) in [6.45, 7) is 2.04. The summed E-state index contributed by atoms with van der Waals surface area (Å²) in [6, 6.07) is 16.1. The standard InChI is InChI=1S/C18H19N3OS/c1-14(15-8-4-3-5-9-15)20(2)17(22)13-23-18-19-12-16-10-6-7-11-21(16)18/h3-12,14H,13H2,1-2H3. The van der Waals surface area contributed by atoms with Gasteiger partial charge in [-0.1, -0.05) is 48.2 Å².